The van der Waals surface area contributed by atoms with Crippen LogP contribution in [0, 0.1) is 6.92 Å². The van der Waals surface area contributed by atoms with Crippen molar-refractivity contribution in [1.29, 1.82) is 0 Å². The molecule has 1 aliphatic rings. The number of benzene rings is 1. The molecule has 142 valence electrons. The van der Waals surface area contributed by atoms with E-state index in [4.69, 9.17) is 0 Å². The van der Waals surface area contributed by atoms with Gasteiger partial charge in [0.15, 0.2) is 5.96 Å². The van der Waals surface area contributed by atoms with E-state index in [1.54, 1.807) is 0 Å². The quantitative estimate of drug-likeness (QED) is 0.402. The van der Waals surface area contributed by atoms with Gasteiger partial charge in [-0.2, -0.15) is 5.10 Å². The van der Waals surface area contributed by atoms with Crippen LogP contribution in [0.15, 0.2) is 29.3 Å². The highest BCUT2D eigenvalue weighted by Gasteiger charge is 2.21. The lowest BCUT2D eigenvalue weighted by molar-refractivity contribution is 0.392. The first-order valence-corrected chi connectivity index (χ1v) is 9.13. The fraction of sp³-hybridized carbons (Fsp3) is 0.526. The molecule has 26 heavy (non-hydrogen) atoms. The van der Waals surface area contributed by atoms with Gasteiger partial charge in [-0.15, -0.1) is 24.0 Å². The molecule has 3 rings (SSSR count). The fourth-order valence-corrected chi connectivity index (χ4v) is 3.21. The van der Waals surface area contributed by atoms with Gasteiger partial charge in [0.2, 0.25) is 0 Å². The standard InChI is InChI=1S/C19H28N6.HI/c1-4-15-5-7-16(8-6-15)11-12-21-19(20-3)23-17-9-10-18-22-14(2)24-25(18)13-17;/h5-8,17H,4,9-13H2,1-3H3,(H2,20,21,23);1H. The maximum absolute atomic E-state index is 4.46. The Morgan fingerprint density at radius 1 is 1.27 bits per heavy atom. The van der Waals surface area contributed by atoms with Crippen molar-refractivity contribution >= 4 is 29.9 Å². The number of halogens is 1. The van der Waals surface area contributed by atoms with Gasteiger partial charge in [-0.05, 0) is 37.3 Å². The number of hydrogen-bond donors (Lipinski definition) is 2. The number of hydrogen-bond acceptors (Lipinski definition) is 3. The summed E-state index contributed by atoms with van der Waals surface area (Å²) in [5.74, 6) is 2.80. The number of nitrogens with one attached hydrogen (secondary N) is 2. The Hall–Kier alpha value is -1.64. The van der Waals surface area contributed by atoms with Crippen molar-refractivity contribution in [3.05, 3.63) is 47.0 Å². The van der Waals surface area contributed by atoms with Crippen LogP contribution in [0.5, 0.6) is 0 Å². The highest BCUT2D eigenvalue weighted by atomic mass is 127. The summed E-state index contributed by atoms with van der Waals surface area (Å²) in [6, 6.07) is 9.19. The second-order valence-corrected chi connectivity index (χ2v) is 6.56. The van der Waals surface area contributed by atoms with Crippen molar-refractivity contribution in [1.82, 2.24) is 25.4 Å². The third-order valence-electron chi connectivity index (χ3n) is 4.67. The van der Waals surface area contributed by atoms with Crippen molar-refractivity contribution in [2.24, 2.45) is 4.99 Å². The number of fused-ring (bicyclic) bond motifs is 1. The minimum Gasteiger partial charge on any atom is -0.356 e. The second-order valence-electron chi connectivity index (χ2n) is 6.56. The Labute approximate surface area is 172 Å². The Balaban J connectivity index is 0.00000243. The van der Waals surface area contributed by atoms with E-state index in [2.05, 4.69) is 56.9 Å². The smallest absolute Gasteiger partial charge is 0.191 e. The van der Waals surface area contributed by atoms with Crippen LogP contribution in [0.3, 0.4) is 0 Å². The number of nitrogens with zero attached hydrogens (tertiary/aromatic N) is 4. The fourth-order valence-electron chi connectivity index (χ4n) is 3.21. The van der Waals surface area contributed by atoms with Gasteiger partial charge in [-0.1, -0.05) is 31.2 Å². The van der Waals surface area contributed by atoms with Crippen molar-refractivity contribution in [3.63, 3.8) is 0 Å². The molecule has 0 fully saturated rings. The summed E-state index contributed by atoms with van der Waals surface area (Å²) in [6.45, 7) is 5.84. The van der Waals surface area contributed by atoms with Gasteiger partial charge in [0.1, 0.15) is 11.6 Å². The average Bonchev–Trinajstić information content (AvgIpc) is 3.00. The number of rotatable bonds is 5. The first-order chi connectivity index (χ1) is 12.2. The predicted molar refractivity (Wildman–Crippen MR) is 116 cm³/mol. The summed E-state index contributed by atoms with van der Waals surface area (Å²) in [6.07, 6.45) is 4.09. The summed E-state index contributed by atoms with van der Waals surface area (Å²) >= 11 is 0. The first-order valence-electron chi connectivity index (χ1n) is 9.13. The zero-order valence-corrected chi connectivity index (χ0v) is 18.2. The van der Waals surface area contributed by atoms with Gasteiger partial charge < -0.3 is 10.6 Å². The van der Waals surface area contributed by atoms with Gasteiger partial charge in [-0.3, -0.25) is 4.99 Å². The van der Waals surface area contributed by atoms with E-state index >= 15 is 0 Å². The molecular weight excluding hydrogens is 439 g/mol. The molecule has 2 N–H and O–H groups in total. The topological polar surface area (TPSA) is 67.1 Å². The summed E-state index contributed by atoms with van der Waals surface area (Å²) in [7, 11) is 1.82. The highest BCUT2D eigenvalue weighted by molar-refractivity contribution is 14.0. The zero-order chi connectivity index (χ0) is 17.6. The Morgan fingerprint density at radius 2 is 2.00 bits per heavy atom. The van der Waals surface area contributed by atoms with Crippen molar-refractivity contribution in [2.45, 2.75) is 52.1 Å². The van der Waals surface area contributed by atoms with E-state index in [0.717, 1.165) is 56.4 Å². The molecule has 1 aromatic carbocycles. The zero-order valence-electron chi connectivity index (χ0n) is 15.8. The lowest BCUT2D eigenvalue weighted by Gasteiger charge is -2.25. The molecule has 2 aromatic rings. The van der Waals surface area contributed by atoms with Crippen LogP contribution in [-0.4, -0.2) is 40.4 Å². The molecule has 2 heterocycles. The molecule has 1 aliphatic heterocycles. The third-order valence-corrected chi connectivity index (χ3v) is 4.67. The maximum Gasteiger partial charge on any atom is 0.191 e. The molecule has 0 bridgehead atoms. The van der Waals surface area contributed by atoms with E-state index in [1.165, 1.54) is 11.1 Å². The summed E-state index contributed by atoms with van der Waals surface area (Å²) in [5, 5.41) is 11.4. The normalized spacial score (nSPS) is 16.6. The highest BCUT2D eigenvalue weighted by Crippen LogP contribution is 2.12. The molecule has 1 unspecified atom stereocenters. The Kier molecular flexibility index (Phi) is 7.86. The molecule has 0 saturated carbocycles. The molecule has 0 saturated heterocycles. The van der Waals surface area contributed by atoms with Crippen LogP contribution in [0.2, 0.25) is 0 Å². The summed E-state index contributed by atoms with van der Waals surface area (Å²) in [4.78, 5) is 8.81. The van der Waals surface area contributed by atoms with Crippen LogP contribution in [-0.2, 0) is 25.8 Å². The number of aliphatic imine (C=N–C) groups is 1. The molecule has 1 atom stereocenters. The minimum atomic E-state index is 0. The van der Waals surface area contributed by atoms with E-state index in [9.17, 15) is 0 Å². The van der Waals surface area contributed by atoms with Crippen LogP contribution in [0.1, 0.15) is 36.1 Å². The van der Waals surface area contributed by atoms with Crippen LogP contribution >= 0.6 is 24.0 Å². The molecule has 6 nitrogen and oxygen atoms in total. The van der Waals surface area contributed by atoms with E-state index < -0.39 is 0 Å². The Bertz CT molecular complexity index is 722. The van der Waals surface area contributed by atoms with Gasteiger partial charge in [0, 0.05) is 26.1 Å². The lowest BCUT2D eigenvalue weighted by Crippen LogP contribution is -2.47. The van der Waals surface area contributed by atoms with Gasteiger partial charge in [0.05, 0.1) is 6.54 Å². The van der Waals surface area contributed by atoms with Crippen LogP contribution in [0.25, 0.3) is 0 Å². The number of aromatic nitrogens is 3. The van der Waals surface area contributed by atoms with Crippen LogP contribution < -0.4 is 10.6 Å². The largest absolute Gasteiger partial charge is 0.356 e. The predicted octanol–water partition coefficient (Wildman–Crippen LogP) is 2.49. The van der Waals surface area contributed by atoms with Crippen molar-refractivity contribution < 1.29 is 0 Å². The Morgan fingerprint density at radius 3 is 2.69 bits per heavy atom. The van der Waals surface area contributed by atoms with Gasteiger partial charge >= 0.3 is 0 Å². The van der Waals surface area contributed by atoms with Gasteiger partial charge in [-0.25, -0.2) is 9.67 Å². The summed E-state index contributed by atoms with van der Waals surface area (Å²) < 4.78 is 2.01. The molecular formula is C19H29IN6. The molecule has 0 amide bonds. The average molecular weight is 468 g/mol. The molecule has 0 radical (unpaired) electrons. The monoisotopic (exact) mass is 468 g/mol. The SMILES string of the molecule is CCc1ccc(CCNC(=NC)NC2CCc3nc(C)nn3C2)cc1.I. The molecule has 7 heteroatoms. The third kappa shape index (κ3) is 5.43. The summed E-state index contributed by atoms with van der Waals surface area (Å²) in [5.41, 5.74) is 2.73. The van der Waals surface area contributed by atoms with Gasteiger partial charge in [0.25, 0.3) is 0 Å². The molecule has 1 aromatic heterocycles. The second kappa shape index (κ2) is 9.89. The number of aryl methyl sites for hydroxylation is 3. The lowest BCUT2D eigenvalue weighted by atomic mass is 10.1. The van der Waals surface area contributed by atoms with E-state index in [0.29, 0.717) is 6.04 Å². The molecule has 0 aliphatic carbocycles. The first kappa shape index (κ1) is 20.7. The van der Waals surface area contributed by atoms with Crippen molar-refractivity contribution in [2.75, 3.05) is 13.6 Å². The van der Waals surface area contributed by atoms with Crippen LogP contribution in [0.4, 0.5) is 0 Å². The van der Waals surface area contributed by atoms with Crippen molar-refractivity contribution in [3.8, 4) is 0 Å². The molecule has 0 spiro atoms. The van der Waals surface area contributed by atoms with E-state index in [1.807, 2.05) is 18.7 Å². The van der Waals surface area contributed by atoms with E-state index in [-0.39, 0.29) is 24.0 Å². The maximum atomic E-state index is 4.46. The minimum absolute atomic E-state index is 0. The number of guanidine groups is 1.